The van der Waals surface area contributed by atoms with E-state index in [2.05, 4.69) is 55.1 Å². The first-order valence-electron chi connectivity index (χ1n) is 9.75. The Bertz CT molecular complexity index is 678. The lowest BCUT2D eigenvalue weighted by molar-refractivity contribution is 0.0548. The van der Waals surface area contributed by atoms with E-state index in [-0.39, 0.29) is 0 Å². The molecule has 0 spiro atoms. The van der Waals surface area contributed by atoms with Crippen molar-refractivity contribution in [3.05, 3.63) is 65.2 Å². The van der Waals surface area contributed by atoms with Gasteiger partial charge in [-0.3, -0.25) is 0 Å². The molecule has 1 unspecified atom stereocenters. The van der Waals surface area contributed by atoms with Gasteiger partial charge in [0.15, 0.2) is 0 Å². The van der Waals surface area contributed by atoms with Crippen molar-refractivity contribution in [1.29, 1.82) is 0 Å². The molecule has 26 heavy (non-hydrogen) atoms. The minimum absolute atomic E-state index is 0.355. The molecule has 3 heteroatoms. The number of hydrogen-bond acceptors (Lipinski definition) is 3. The van der Waals surface area contributed by atoms with Gasteiger partial charge < -0.3 is 14.7 Å². The summed E-state index contributed by atoms with van der Waals surface area (Å²) in [7, 11) is 0. The average molecular weight is 354 g/mol. The van der Waals surface area contributed by atoms with Crippen LogP contribution in [-0.2, 0) is 6.42 Å². The van der Waals surface area contributed by atoms with Crippen molar-refractivity contribution >= 4 is 0 Å². The number of β-amino-alcohol motifs (C(OH)–C–C–N with tert-alkyl or cyclic N) is 1. The van der Waals surface area contributed by atoms with Crippen LogP contribution in [-0.4, -0.2) is 42.4 Å². The summed E-state index contributed by atoms with van der Waals surface area (Å²) in [5, 5.41) is 10.4. The Hall–Kier alpha value is -1.84. The number of aliphatic hydroxyl groups is 1. The maximum atomic E-state index is 10.4. The van der Waals surface area contributed by atoms with Gasteiger partial charge in [0.05, 0.1) is 0 Å². The van der Waals surface area contributed by atoms with Gasteiger partial charge in [-0.1, -0.05) is 42.5 Å². The molecule has 3 rings (SSSR count). The number of hydrogen-bond donors (Lipinski definition) is 1. The molecule has 0 aliphatic carbocycles. The fraction of sp³-hybridized carbons (Fsp3) is 0.478. The zero-order chi connectivity index (χ0) is 18.4. The number of aryl methyl sites for hydroxylation is 1. The SMILES string of the molecule is Cc1cccc(OCC(O)CN2CCC(Cc3ccccc3)CC2)c1C. The fourth-order valence-corrected chi connectivity index (χ4v) is 3.74. The number of aliphatic hydroxyl groups excluding tert-OH is 1. The van der Waals surface area contributed by atoms with Crippen LogP contribution in [0.15, 0.2) is 48.5 Å². The van der Waals surface area contributed by atoms with Crippen molar-refractivity contribution in [1.82, 2.24) is 4.90 Å². The molecule has 0 amide bonds. The summed E-state index contributed by atoms with van der Waals surface area (Å²) >= 11 is 0. The minimum atomic E-state index is -0.444. The number of piperidine rings is 1. The Morgan fingerprint density at radius 2 is 1.77 bits per heavy atom. The van der Waals surface area contributed by atoms with E-state index in [4.69, 9.17) is 4.74 Å². The van der Waals surface area contributed by atoms with Crippen LogP contribution in [0, 0.1) is 19.8 Å². The Labute approximate surface area is 157 Å². The van der Waals surface area contributed by atoms with Gasteiger partial charge in [-0.2, -0.15) is 0 Å². The predicted molar refractivity (Wildman–Crippen MR) is 107 cm³/mol. The number of benzene rings is 2. The van der Waals surface area contributed by atoms with Crippen LogP contribution in [0.5, 0.6) is 5.75 Å². The fourth-order valence-electron chi connectivity index (χ4n) is 3.74. The second-order valence-electron chi connectivity index (χ2n) is 7.60. The zero-order valence-electron chi connectivity index (χ0n) is 16.0. The summed E-state index contributed by atoms with van der Waals surface area (Å²) in [5.74, 6) is 1.64. The maximum Gasteiger partial charge on any atom is 0.122 e. The van der Waals surface area contributed by atoms with Gasteiger partial charge in [0.25, 0.3) is 0 Å². The molecular weight excluding hydrogens is 322 g/mol. The van der Waals surface area contributed by atoms with E-state index in [1.165, 1.54) is 30.4 Å². The standard InChI is InChI=1S/C23H31NO2/c1-18-7-6-10-23(19(18)2)26-17-22(25)16-24-13-11-21(12-14-24)15-20-8-4-3-5-9-20/h3-10,21-22,25H,11-17H2,1-2H3. The van der Waals surface area contributed by atoms with Crippen molar-refractivity contribution in [3.8, 4) is 5.75 Å². The van der Waals surface area contributed by atoms with Gasteiger partial charge in [0.2, 0.25) is 0 Å². The summed E-state index contributed by atoms with van der Waals surface area (Å²) in [6, 6.07) is 16.8. The molecule has 140 valence electrons. The highest BCUT2D eigenvalue weighted by molar-refractivity contribution is 5.38. The molecule has 0 radical (unpaired) electrons. The van der Waals surface area contributed by atoms with E-state index in [1.54, 1.807) is 0 Å². The van der Waals surface area contributed by atoms with Crippen molar-refractivity contribution in [2.45, 2.75) is 39.2 Å². The van der Waals surface area contributed by atoms with Crippen LogP contribution in [0.3, 0.4) is 0 Å². The first-order valence-corrected chi connectivity index (χ1v) is 9.75. The molecule has 1 aliphatic rings. The zero-order valence-corrected chi connectivity index (χ0v) is 16.0. The second kappa shape index (κ2) is 9.20. The topological polar surface area (TPSA) is 32.7 Å². The van der Waals surface area contributed by atoms with Crippen molar-refractivity contribution < 1.29 is 9.84 Å². The third kappa shape index (κ3) is 5.33. The van der Waals surface area contributed by atoms with E-state index < -0.39 is 6.10 Å². The molecule has 2 aromatic rings. The van der Waals surface area contributed by atoms with Gasteiger partial charge >= 0.3 is 0 Å². The number of rotatable bonds is 7. The number of ether oxygens (including phenoxy) is 1. The average Bonchev–Trinajstić information content (AvgIpc) is 2.65. The first-order chi connectivity index (χ1) is 12.6. The van der Waals surface area contributed by atoms with E-state index in [0.717, 1.165) is 30.3 Å². The Morgan fingerprint density at radius 3 is 2.50 bits per heavy atom. The second-order valence-corrected chi connectivity index (χ2v) is 7.60. The molecule has 1 N–H and O–H groups in total. The van der Waals surface area contributed by atoms with E-state index in [1.807, 2.05) is 12.1 Å². The maximum absolute atomic E-state index is 10.4. The summed E-state index contributed by atoms with van der Waals surface area (Å²) < 4.78 is 5.84. The highest BCUT2D eigenvalue weighted by atomic mass is 16.5. The molecule has 1 fully saturated rings. The van der Waals surface area contributed by atoms with Gasteiger partial charge in [0, 0.05) is 6.54 Å². The van der Waals surface area contributed by atoms with Crippen molar-refractivity contribution in [2.24, 2.45) is 5.92 Å². The Morgan fingerprint density at radius 1 is 1.04 bits per heavy atom. The van der Waals surface area contributed by atoms with Gasteiger partial charge in [-0.05, 0) is 74.9 Å². The minimum Gasteiger partial charge on any atom is -0.491 e. The summed E-state index contributed by atoms with van der Waals surface area (Å²) in [6.45, 7) is 7.33. The summed E-state index contributed by atoms with van der Waals surface area (Å²) in [4.78, 5) is 2.37. The van der Waals surface area contributed by atoms with Crippen LogP contribution in [0.25, 0.3) is 0 Å². The Balaban J connectivity index is 1.39. The van der Waals surface area contributed by atoms with Crippen LogP contribution in [0.4, 0.5) is 0 Å². The predicted octanol–water partition coefficient (Wildman–Crippen LogP) is 4.00. The molecule has 1 atom stereocenters. The van der Waals surface area contributed by atoms with Crippen LogP contribution < -0.4 is 4.74 Å². The van der Waals surface area contributed by atoms with Gasteiger partial charge in [-0.25, -0.2) is 0 Å². The van der Waals surface area contributed by atoms with Gasteiger partial charge in [-0.15, -0.1) is 0 Å². The smallest absolute Gasteiger partial charge is 0.122 e. The van der Waals surface area contributed by atoms with Crippen LogP contribution >= 0.6 is 0 Å². The third-order valence-electron chi connectivity index (χ3n) is 5.53. The quantitative estimate of drug-likeness (QED) is 0.817. The molecule has 1 aliphatic heterocycles. The molecule has 1 saturated heterocycles. The first kappa shape index (κ1) is 18.9. The van der Waals surface area contributed by atoms with E-state index >= 15 is 0 Å². The van der Waals surface area contributed by atoms with Crippen LogP contribution in [0.1, 0.15) is 29.5 Å². The molecule has 2 aromatic carbocycles. The van der Waals surface area contributed by atoms with E-state index in [0.29, 0.717) is 13.2 Å². The number of likely N-dealkylation sites (tertiary alicyclic amines) is 1. The monoisotopic (exact) mass is 353 g/mol. The molecule has 0 saturated carbocycles. The lowest BCUT2D eigenvalue weighted by atomic mass is 9.90. The lowest BCUT2D eigenvalue weighted by Crippen LogP contribution is -2.41. The lowest BCUT2D eigenvalue weighted by Gasteiger charge is -2.33. The molecular formula is C23H31NO2. The van der Waals surface area contributed by atoms with Crippen LogP contribution in [0.2, 0.25) is 0 Å². The van der Waals surface area contributed by atoms with Crippen molar-refractivity contribution in [2.75, 3.05) is 26.2 Å². The van der Waals surface area contributed by atoms with E-state index in [9.17, 15) is 5.11 Å². The normalized spacial score (nSPS) is 17.2. The van der Waals surface area contributed by atoms with Gasteiger partial charge in [0.1, 0.15) is 18.5 Å². The highest BCUT2D eigenvalue weighted by Crippen LogP contribution is 2.23. The number of nitrogens with zero attached hydrogens (tertiary/aromatic N) is 1. The summed E-state index contributed by atoms with van der Waals surface area (Å²) in [5.41, 5.74) is 3.81. The molecule has 3 nitrogen and oxygen atoms in total. The van der Waals surface area contributed by atoms with Crippen molar-refractivity contribution in [3.63, 3.8) is 0 Å². The highest BCUT2D eigenvalue weighted by Gasteiger charge is 2.21. The third-order valence-corrected chi connectivity index (χ3v) is 5.53. The molecule has 1 heterocycles. The Kier molecular flexibility index (Phi) is 6.70. The molecule has 0 aromatic heterocycles. The molecule has 0 bridgehead atoms. The largest absolute Gasteiger partial charge is 0.491 e. The summed E-state index contributed by atoms with van der Waals surface area (Å²) in [6.07, 6.45) is 3.15.